The van der Waals surface area contributed by atoms with Crippen molar-refractivity contribution in [2.45, 2.75) is 43.8 Å². The molecular weight excluding hydrogens is 488 g/mol. The van der Waals surface area contributed by atoms with E-state index in [9.17, 15) is 9.59 Å². The number of benzene rings is 3. The second-order valence-corrected chi connectivity index (χ2v) is 9.89. The molecule has 6 N–H and O–H groups in total. The molecule has 0 bridgehead atoms. The van der Waals surface area contributed by atoms with Gasteiger partial charge in [0.2, 0.25) is 5.91 Å². The Balaban J connectivity index is 1.58. The first-order valence-electron chi connectivity index (χ1n) is 13.5. The Morgan fingerprint density at radius 1 is 0.974 bits per heavy atom. The van der Waals surface area contributed by atoms with Gasteiger partial charge in [0.1, 0.15) is 6.04 Å². The normalized spacial score (nSPS) is 18.3. The van der Waals surface area contributed by atoms with Gasteiger partial charge in [-0.1, -0.05) is 85.8 Å². The third-order valence-electron chi connectivity index (χ3n) is 7.21. The molecule has 3 aromatic carbocycles. The highest BCUT2D eigenvalue weighted by atomic mass is 16.2. The highest BCUT2D eigenvalue weighted by molar-refractivity contribution is 5.94. The zero-order chi connectivity index (χ0) is 27.6. The van der Waals surface area contributed by atoms with E-state index < -0.39 is 12.1 Å². The van der Waals surface area contributed by atoms with Gasteiger partial charge < -0.3 is 21.7 Å². The minimum Gasteiger partial charge on any atom is -0.370 e. The highest BCUT2D eigenvalue weighted by Crippen LogP contribution is 2.27. The van der Waals surface area contributed by atoms with Crippen LogP contribution in [0.4, 0.5) is 0 Å². The molecule has 1 fully saturated rings. The summed E-state index contributed by atoms with van der Waals surface area (Å²) in [5.74, 6) is -0.228. The molecule has 1 aliphatic rings. The van der Waals surface area contributed by atoms with E-state index in [2.05, 4.69) is 39.9 Å². The molecule has 0 aliphatic carbocycles. The minimum absolute atomic E-state index is 0.00879. The van der Waals surface area contributed by atoms with Crippen molar-refractivity contribution in [2.24, 2.45) is 16.5 Å². The molecule has 1 saturated heterocycles. The molecule has 8 nitrogen and oxygen atoms in total. The lowest BCUT2D eigenvalue weighted by Gasteiger charge is -2.31. The predicted molar refractivity (Wildman–Crippen MR) is 155 cm³/mol. The molecule has 3 atom stereocenters. The molecule has 3 aromatic rings. The first-order chi connectivity index (χ1) is 19.0. The Morgan fingerprint density at radius 2 is 1.54 bits per heavy atom. The van der Waals surface area contributed by atoms with Crippen molar-refractivity contribution in [3.8, 4) is 0 Å². The van der Waals surface area contributed by atoms with Gasteiger partial charge in [0.25, 0.3) is 5.91 Å². The van der Waals surface area contributed by atoms with E-state index in [0.717, 1.165) is 11.1 Å². The van der Waals surface area contributed by atoms with Crippen LogP contribution in [-0.4, -0.2) is 60.4 Å². The van der Waals surface area contributed by atoms with Gasteiger partial charge in [-0.3, -0.25) is 14.9 Å². The molecular formula is C31H38N6O2. The van der Waals surface area contributed by atoms with Gasteiger partial charge >= 0.3 is 0 Å². The van der Waals surface area contributed by atoms with Crippen LogP contribution in [-0.2, 0) is 4.79 Å². The zero-order valence-electron chi connectivity index (χ0n) is 22.4. The third-order valence-corrected chi connectivity index (χ3v) is 7.21. The van der Waals surface area contributed by atoms with Crippen molar-refractivity contribution in [3.63, 3.8) is 0 Å². The number of amides is 2. The lowest BCUT2D eigenvalue weighted by atomic mass is 9.90. The molecule has 1 unspecified atom stereocenters. The molecule has 0 saturated carbocycles. The maximum atomic E-state index is 14.1. The van der Waals surface area contributed by atoms with Crippen LogP contribution in [0.1, 0.15) is 47.2 Å². The van der Waals surface area contributed by atoms with Gasteiger partial charge in [0, 0.05) is 37.2 Å². The summed E-state index contributed by atoms with van der Waals surface area (Å²) >= 11 is 0. The van der Waals surface area contributed by atoms with E-state index in [1.165, 1.54) is 0 Å². The topological polar surface area (TPSA) is 126 Å². The van der Waals surface area contributed by atoms with Gasteiger partial charge in [-0.05, 0) is 36.1 Å². The Labute approximate surface area is 230 Å². The van der Waals surface area contributed by atoms with Gasteiger partial charge in [-0.15, -0.1) is 0 Å². The molecule has 39 heavy (non-hydrogen) atoms. The molecule has 0 aromatic heterocycles. The fourth-order valence-electron chi connectivity index (χ4n) is 5.14. The number of hydrogen-bond donors (Lipinski definition) is 4. The van der Waals surface area contributed by atoms with Crippen LogP contribution in [0.2, 0.25) is 0 Å². The number of carbonyl (C=O) groups is 2. The molecule has 4 rings (SSSR count). The number of nitrogens with zero attached hydrogens (tertiary/aromatic N) is 2. The summed E-state index contributed by atoms with van der Waals surface area (Å²) in [6.07, 6.45) is 1.25. The summed E-state index contributed by atoms with van der Waals surface area (Å²) in [5.41, 5.74) is 14.4. The highest BCUT2D eigenvalue weighted by Gasteiger charge is 2.37. The second kappa shape index (κ2) is 13.6. The average Bonchev–Trinajstić information content (AvgIpc) is 3.12. The molecule has 204 valence electrons. The van der Waals surface area contributed by atoms with Crippen LogP contribution < -0.4 is 22.1 Å². The van der Waals surface area contributed by atoms with Crippen LogP contribution in [0, 0.1) is 0 Å². The molecule has 0 radical (unpaired) electrons. The van der Waals surface area contributed by atoms with Crippen LogP contribution >= 0.6 is 0 Å². The van der Waals surface area contributed by atoms with Crippen molar-refractivity contribution in [1.29, 1.82) is 0 Å². The monoisotopic (exact) mass is 526 g/mol. The van der Waals surface area contributed by atoms with Gasteiger partial charge in [-0.2, -0.15) is 0 Å². The van der Waals surface area contributed by atoms with Crippen LogP contribution in [0.3, 0.4) is 0 Å². The van der Waals surface area contributed by atoms with Crippen molar-refractivity contribution in [2.75, 3.05) is 19.6 Å². The summed E-state index contributed by atoms with van der Waals surface area (Å²) in [4.78, 5) is 33.1. The summed E-state index contributed by atoms with van der Waals surface area (Å²) in [6.45, 7) is 3.41. The number of rotatable bonds is 10. The zero-order valence-corrected chi connectivity index (χ0v) is 22.4. The smallest absolute Gasteiger partial charge is 0.251 e. The molecule has 1 aliphatic heterocycles. The maximum Gasteiger partial charge on any atom is 0.251 e. The number of nitrogens with one attached hydrogen (secondary N) is 2. The lowest BCUT2D eigenvalue weighted by Crippen LogP contribution is -2.54. The molecule has 0 spiro atoms. The summed E-state index contributed by atoms with van der Waals surface area (Å²) < 4.78 is 0. The van der Waals surface area contributed by atoms with Gasteiger partial charge in [0.05, 0.1) is 6.04 Å². The Kier molecular flexibility index (Phi) is 9.69. The first kappa shape index (κ1) is 27.9. The lowest BCUT2D eigenvalue weighted by molar-refractivity contribution is -0.133. The largest absolute Gasteiger partial charge is 0.370 e. The fourth-order valence-corrected chi connectivity index (χ4v) is 5.14. The third kappa shape index (κ3) is 7.45. The summed E-state index contributed by atoms with van der Waals surface area (Å²) in [7, 11) is 0. The number of guanidine groups is 1. The standard InChI is InChI=1S/C31H38N6O2/c1-2-27(36-31(32)33)28-30(39)37(19-18-25(35-28)20-34-29(38)24-16-10-5-11-17-24)21-26(22-12-6-3-7-13-22)23-14-8-4-9-15-23/h3-17,25-28,35H,2,18-21H2,1H3,(H,34,38)(H4,32,33,36)/t25-,27?,28-/m0/s1. The van der Waals surface area contributed by atoms with E-state index >= 15 is 0 Å². The van der Waals surface area contributed by atoms with Crippen LogP contribution in [0.25, 0.3) is 0 Å². The molecule has 8 heteroatoms. The summed E-state index contributed by atoms with van der Waals surface area (Å²) in [6, 6.07) is 28.4. The number of aliphatic imine (C=N–C) groups is 1. The Bertz CT molecular complexity index is 1190. The Hall–Kier alpha value is -4.17. The van der Waals surface area contributed by atoms with Crippen molar-refractivity contribution in [1.82, 2.24) is 15.5 Å². The molecule has 1 heterocycles. The SMILES string of the molecule is CCC(N=C(N)N)[C@@H]1N[C@H](CNC(=O)c2ccccc2)CCN(CC(c2ccccc2)c2ccccc2)C1=O. The summed E-state index contributed by atoms with van der Waals surface area (Å²) in [5, 5.41) is 6.51. The van der Waals surface area contributed by atoms with E-state index in [1.54, 1.807) is 12.1 Å². The Morgan fingerprint density at radius 3 is 2.08 bits per heavy atom. The van der Waals surface area contributed by atoms with E-state index in [4.69, 9.17) is 11.5 Å². The minimum atomic E-state index is -0.620. The van der Waals surface area contributed by atoms with Crippen molar-refractivity contribution < 1.29 is 9.59 Å². The van der Waals surface area contributed by atoms with E-state index in [1.807, 2.05) is 66.4 Å². The van der Waals surface area contributed by atoms with E-state index in [-0.39, 0.29) is 29.7 Å². The van der Waals surface area contributed by atoms with Crippen molar-refractivity contribution >= 4 is 17.8 Å². The quantitative estimate of drug-likeness (QED) is 0.239. The maximum absolute atomic E-state index is 14.1. The number of carbonyl (C=O) groups excluding carboxylic acids is 2. The number of nitrogens with two attached hydrogens (primary N) is 2. The predicted octanol–water partition coefficient (Wildman–Crippen LogP) is 2.86. The van der Waals surface area contributed by atoms with Gasteiger partial charge in [0.15, 0.2) is 5.96 Å². The van der Waals surface area contributed by atoms with E-state index in [0.29, 0.717) is 38.0 Å². The van der Waals surface area contributed by atoms with Crippen LogP contribution in [0.5, 0.6) is 0 Å². The van der Waals surface area contributed by atoms with Gasteiger partial charge in [-0.25, -0.2) is 4.99 Å². The fraction of sp³-hybridized carbons (Fsp3) is 0.323. The average molecular weight is 527 g/mol. The number of hydrogen-bond acceptors (Lipinski definition) is 4. The van der Waals surface area contributed by atoms with Crippen molar-refractivity contribution in [3.05, 3.63) is 108 Å². The first-order valence-corrected chi connectivity index (χ1v) is 13.5. The molecule has 2 amide bonds. The second-order valence-electron chi connectivity index (χ2n) is 9.89. The van der Waals surface area contributed by atoms with Crippen LogP contribution in [0.15, 0.2) is 96.0 Å².